The van der Waals surface area contributed by atoms with Crippen LogP contribution in [0.2, 0.25) is 0 Å². The van der Waals surface area contributed by atoms with Gasteiger partial charge in [0.05, 0.1) is 6.42 Å². The molecule has 0 rings (SSSR count). The van der Waals surface area contributed by atoms with Crippen molar-refractivity contribution < 1.29 is 14.7 Å². The lowest BCUT2D eigenvalue weighted by Gasteiger charge is -2.00. The fourth-order valence-corrected chi connectivity index (χ4v) is 0.401. The number of carboxylic acids is 1. The van der Waals surface area contributed by atoms with Crippen molar-refractivity contribution >= 4 is 12.0 Å². The van der Waals surface area contributed by atoms with E-state index in [1.807, 2.05) is 5.32 Å². The number of urea groups is 1. The van der Waals surface area contributed by atoms with Crippen molar-refractivity contribution in [3.8, 4) is 0 Å². The molecular formula is C5H8N2O3. The van der Waals surface area contributed by atoms with Gasteiger partial charge >= 0.3 is 12.0 Å². The number of aliphatic carboxylic acids is 1. The average Bonchev–Trinajstić information content (AvgIpc) is 1.58. The average molecular weight is 144 g/mol. The lowest BCUT2D eigenvalue weighted by Crippen LogP contribution is -2.29. The molecule has 0 bridgehead atoms. The minimum Gasteiger partial charge on any atom is -0.481 e. The molecule has 5 heteroatoms. The van der Waals surface area contributed by atoms with E-state index in [1.54, 1.807) is 0 Å². The molecule has 0 saturated carbocycles. The Hall–Kier alpha value is -1.52. The molecule has 0 unspecified atom stereocenters. The molecule has 0 aromatic rings. The van der Waals surface area contributed by atoms with Gasteiger partial charge in [-0.25, -0.2) is 4.79 Å². The van der Waals surface area contributed by atoms with Gasteiger partial charge in [-0.3, -0.25) is 4.79 Å². The lowest BCUT2D eigenvalue weighted by molar-refractivity contribution is -0.136. The molecule has 0 heterocycles. The first kappa shape index (κ1) is 8.48. The molecule has 0 aliphatic heterocycles. The van der Waals surface area contributed by atoms with Crippen LogP contribution in [0.15, 0.2) is 12.3 Å². The Morgan fingerprint density at radius 3 is 2.40 bits per heavy atom. The molecule has 56 valence electrons. The Morgan fingerprint density at radius 1 is 1.60 bits per heavy atom. The molecule has 0 fully saturated rings. The summed E-state index contributed by atoms with van der Waals surface area (Å²) in [6.45, 7) is 3.24. The molecule has 4 N–H and O–H groups in total. The molecule has 5 nitrogen and oxygen atoms in total. The van der Waals surface area contributed by atoms with Gasteiger partial charge in [-0.05, 0) is 0 Å². The highest BCUT2D eigenvalue weighted by Crippen LogP contribution is 1.90. The van der Waals surface area contributed by atoms with E-state index in [9.17, 15) is 9.59 Å². The highest BCUT2D eigenvalue weighted by molar-refractivity contribution is 5.76. The Labute approximate surface area is 57.5 Å². The molecule has 0 spiro atoms. The van der Waals surface area contributed by atoms with E-state index >= 15 is 0 Å². The zero-order valence-corrected chi connectivity index (χ0v) is 5.26. The lowest BCUT2D eigenvalue weighted by atomic mass is 10.3. The number of rotatable bonds is 3. The maximum absolute atomic E-state index is 10.0. The van der Waals surface area contributed by atoms with Crippen LogP contribution in [0.3, 0.4) is 0 Å². The topological polar surface area (TPSA) is 92.4 Å². The zero-order valence-electron chi connectivity index (χ0n) is 5.26. The van der Waals surface area contributed by atoms with Crippen LogP contribution < -0.4 is 11.1 Å². The van der Waals surface area contributed by atoms with Gasteiger partial charge in [0.2, 0.25) is 0 Å². The molecule has 0 radical (unpaired) electrons. The van der Waals surface area contributed by atoms with Crippen LogP contribution in [0.5, 0.6) is 0 Å². The second kappa shape index (κ2) is 3.49. The molecule has 0 aliphatic carbocycles. The molecular weight excluding hydrogens is 136 g/mol. The summed E-state index contributed by atoms with van der Waals surface area (Å²) in [5.74, 6) is -1.06. The standard InChI is InChI=1S/C5H8N2O3/c1-3(2-4(8)9)7-5(6)10/h1-2H2,(H,8,9)(H3,6,7,10). The number of primary amides is 1. The number of nitrogens with one attached hydrogen (secondary N) is 1. The van der Waals surface area contributed by atoms with Crippen molar-refractivity contribution in [3.05, 3.63) is 12.3 Å². The van der Waals surface area contributed by atoms with E-state index in [0.717, 1.165) is 0 Å². The van der Waals surface area contributed by atoms with Crippen LogP contribution in [0.1, 0.15) is 6.42 Å². The number of carboxylic acid groups (broad SMARTS) is 1. The Bertz CT molecular complexity index is 158. The van der Waals surface area contributed by atoms with Crippen molar-refractivity contribution in [1.82, 2.24) is 5.32 Å². The summed E-state index contributed by atoms with van der Waals surface area (Å²) in [5, 5.41) is 10.2. The summed E-state index contributed by atoms with van der Waals surface area (Å²) < 4.78 is 0. The third kappa shape index (κ3) is 4.63. The molecule has 0 saturated heterocycles. The molecule has 0 aliphatic rings. The number of nitrogens with two attached hydrogens (primary N) is 1. The maximum Gasteiger partial charge on any atom is 0.316 e. The predicted octanol–water partition coefficient (Wildman–Crippen LogP) is -0.357. The van der Waals surface area contributed by atoms with Gasteiger partial charge in [-0.15, -0.1) is 0 Å². The molecule has 2 amide bonds. The van der Waals surface area contributed by atoms with Crippen LogP contribution in [-0.2, 0) is 4.79 Å². The second-order valence-corrected chi connectivity index (χ2v) is 1.66. The molecule has 0 atom stereocenters. The summed E-state index contributed by atoms with van der Waals surface area (Å²) >= 11 is 0. The SMILES string of the molecule is C=C(CC(=O)O)NC(N)=O. The zero-order chi connectivity index (χ0) is 8.15. The highest BCUT2D eigenvalue weighted by Gasteiger charge is 2.01. The van der Waals surface area contributed by atoms with Gasteiger partial charge in [0.25, 0.3) is 0 Å². The first-order valence-electron chi connectivity index (χ1n) is 2.48. The summed E-state index contributed by atoms with van der Waals surface area (Å²) in [4.78, 5) is 20.0. The van der Waals surface area contributed by atoms with Gasteiger partial charge in [0, 0.05) is 5.70 Å². The fourth-order valence-electron chi connectivity index (χ4n) is 0.401. The van der Waals surface area contributed by atoms with Gasteiger partial charge in [-0.1, -0.05) is 6.58 Å². The van der Waals surface area contributed by atoms with Gasteiger partial charge in [0.1, 0.15) is 0 Å². The Kier molecular flexibility index (Phi) is 2.96. The number of hydrogen-bond acceptors (Lipinski definition) is 2. The van der Waals surface area contributed by atoms with Gasteiger partial charge < -0.3 is 16.2 Å². The van der Waals surface area contributed by atoms with Crippen LogP contribution in [0.25, 0.3) is 0 Å². The van der Waals surface area contributed by atoms with Crippen molar-refractivity contribution in [3.63, 3.8) is 0 Å². The minimum atomic E-state index is -1.06. The number of carbonyl (C=O) groups is 2. The van der Waals surface area contributed by atoms with E-state index in [1.165, 1.54) is 0 Å². The summed E-state index contributed by atoms with van der Waals surface area (Å²) in [6.07, 6.45) is -0.303. The van der Waals surface area contributed by atoms with E-state index in [-0.39, 0.29) is 12.1 Å². The van der Waals surface area contributed by atoms with E-state index < -0.39 is 12.0 Å². The van der Waals surface area contributed by atoms with E-state index in [0.29, 0.717) is 0 Å². The summed E-state index contributed by atoms with van der Waals surface area (Å²) in [5.41, 5.74) is 4.75. The monoisotopic (exact) mass is 144 g/mol. The first-order valence-corrected chi connectivity index (χ1v) is 2.48. The third-order valence-corrected chi connectivity index (χ3v) is 0.665. The van der Waals surface area contributed by atoms with Crippen molar-refractivity contribution in [2.45, 2.75) is 6.42 Å². The van der Waals surface area contributed by atoms with Crippen molar-refractivity contribution in [2.24, 2.45) is 5.73 Å². The highest BCUT2D eigenvalue weighted by atomic mass is 16.4. The Balaban J connectivity index is 3.65. The van der Waals surface area contributed by atoms with Crippen LogP contribution in [-0.4, -0.2) is 17.1 Å². The number of hydrogen-bond donors (Lipinski definition) is 3. The summed E-state index contributed by atoms with van der Waals surface area (Å²) in [6, 6.07) is -0.800. The minimum absolute atomic E-state index is 0.0833. The first-order chi connectivity index (χ1) is 4.52. The molecule has 10 heavy (non-hydrogen) atoms. The normalized spacial score (nSPS) is 8.40. The van der Waals surface area contributed by atoms with E-state index in [4.69, 9.17) is 5.11 Å². The number of amides is 2. The second-order valence-electron chi connectivity index (χ2n) is 1.66. The maximum atomic E-state index is 10.0. The van der Waals surface area contributed by atoms with Crippen molar-refractivity contribution in [1.29, 1.82) is 0 Å². The van der Waals surface area contributed by atoms with Crippen molar-refractivity contribution in [2.75, 3.05) is 0 Å². The molecule has 0 aromatic heterocycles. The molecule has 0 aromatic carbocycles. The summed E-state index contributed by atoms with van der Waals surface area (Å²) in [7, 11) is 0. The van der Waals surface area contributed by atoms with Crippen LogP contribution >= 0.6 is 0 Å². The smallest absolute Gasteiger partial charge is 0.316 e. The van der Waals surface area contributed by atoms with Crippen LogP contribution in [0.4, 0.5) is 4.79 Å². The number of carbonyl (C=O) groups excluding carboxylic acids is 1. The third-order valence-electron chi connectivity index (χ3n) is 0.665. The van der Waals surface area contributed by atoms with Gasteiger partial charge in [0.15, 0.2) is 0 Å². The quantitative estimate of drug-likeness (QED) is 0.505. The predicted molar refractivity (Wildman–Crippen MR) is 34.1 cm³/mol. The van der Waals surface area contributed by atoms with Gasteiger partial charge in [-0.2, -0.15) is 0 Å². The van der Waals surface area contributed by atoms with Crippen LogP contribution in [0, 0.1) is 0 Å². The largest absolute Gasteiger partial charge is 0.481 e. The fraction of sp³-hybridized carbons (Fsp3) is 0.200. The Morgan fingerprint density at radius 2 is 2.10 bits per heavy atom. The van der Waals surface area contributed by atoms with E-state index in [2.05, 4.69) is 12.3 Å².